The molecule has 0 saturated heterocycles. The second-order valence-corrected chi connectivity index (χ2v) is 8.12. The van der Waals surface area contributed by atoms with Gasteiger partial charge in [-0.3, -0.25) is 4.31 Å². The summed E-state index contributed by atoms with van der Waals surface area (Å²) < 4.78 is 32.6. The molecule has 3 heterocycles. The molecule has 0 aliphatic carbocycles. The Morgan fingerprint density at radius 3 is 2.82 bits per heavy atom. The van der Waals surface area contributed by atoms with Crippen LogP contribution in [0.15, 0.2) is 57.4 Å². The van der Waals surface area contributed by atoms with E-state index < -0.39 is 10.0 Å². The number of thiophene rings is 1. The molecule has 0 radical (unpaired) electrons. The molecular formula is C15H12N2O3S2. The van der Waals surface area contributed by atoms with E-state index in [-0.39, 0.29) is 0 Å². The van der Waals surface area contributed by atoms with Crippen LogP contribution in [-0.2, 0) is 16.4 Å². The van der Waals surface area contributed by atoms with Crippen molar-refractivity contribution < 1.29 is 12.9 Å². The van der Waals surface area contributed by atoms with E-state index in [9.17, 15) is 8.42 Å². The molecule has 1 aliphatic heterocycles. The Hall–Kier alpha value is -2.12. The summed E-state index contributed by atoms with van der Waals surface area (Å²) in [6.45, 7) is 0.483. The van der Waals surface area contributed by atoms with Crippen LogP contribution in [0.1, 0.15) is 5.56 Å². The van der Waals surface area contributed by atoms with Crippen molar-refractivity contribution in [3.8, 4) is 10.6 Å². The summed E-state index contributed by atoms with van der Waals surface area (Å²) in [6, 6.07) is 12.7. The van der Waals surface area contributed by atoms with Crippen molar-refractivity contribution in [3.05, 3.63) is 54.2 Å². The van der Waals surface area contributed by atoms with Gasteiger partial charge in [-0.2, -0.15) is 0 Å². The van der Waals surface area contributed by atoms with E-state index in [0.717, 1.165) is 22.5 Å². The standard InChI is InChI=1S/C15H12N2O3S2/c18-22(19,17-10-8-11-3-1-2-4-12(11)17)15-6-5-14(21-15)13-7-9-16-20-13/h1-7,9H,8,10H2. The zero-order valence-corrected chi connectivity index (χ0v) is 13.1. The minimum atomic E-state index is -3.53. The van der Waals surface area contributed by atoms with Crippen LogP contribution >= 0.6 is 11.3 Å². The van der Waals surface area contributed by atoms with Crippen molar-refractivity contribution in [2.75, 3.05) is 10.8 Å². The molecule has 0 fully saturated rings. The molecule has 22 heavy (non-hydrogen) atoms. The third-order valence-electron chi connectivity index (χ3n) is 3.65. The van der Waals surface area contributed by atoms with Crippen molar-refractivity contribution >= 4 is 27.0 Å². The predicted octanol–water partition coefficient (Wildman–Crippen LogP) is 3.15. The molecule has 0 atom stereocenters. The largest absolute Gasteiger partial charge is 0.355 e. The number of hydrogen-bond donors (Lipinski definition) is 0. The zero-order valence-electron chi connectivity index (χ0n) is 11.5. The summed E-state index contributed by atoms with van der Waals surface area (Å²) in [7, 11) is -3.53. The Kier molecular flexibility index (Phi) is 3.05. The maximum Gasteiger partial charge on any atom is 0.273 e. The fourth-order valence-corrected chi connectivity index (χ4v) is 5.48. The number of hydrogen-bond acceptors (Lipinski definition) is 5. The van der Waals surface area contributed by atoms with Crippen LogP contribution < -0.4 is 4.31 Å². The van der Waals surface area contributed by atoms with Gasteiger partial charge in [0, 0.05) is 12.6 Å². The molecule has 0 spiro atoms. The number of nitrogens with zero attached hydrogens (tertiary/aromatic N) is 2. The number of rotatable bonds is 3. The van der Waals surface area contributed by atoms with Crippen molar-refractivity contribution in [2.45, 2.75) is 10.6 Å². The minimum Gasteiger partial charge on any atom is -0.355 e. The summed E-state index contributed by atoms with van der Waals surface area (Å²) in [4.78, 5) is 0.753. The summed E-state index contributed by atoms with van der Waals surface area (Å²) in [6.07, 6.45) is 2.29. The van der Waals surface area contributed by atoms with E-state index in [4.69, 9.17) is 4.52 Å². The molecule has 1 aliphatic rings. The third kappa shape index (κ3) is 2.05. The lowest BCUT2D eigenvalue weighted by atomic mass is 10.2. The van der Waals surface area contributed by atoms with Crippen LogP contribution in [-0.4, -0.2) is 20.1 Å². The number of para-hydroxylation sites is 1. The highest BCUT2D eigenvalue weighted by atomic mass is 32.2. The van der Waals surface area contributed by atoms with Gasteiger partial charge in [0.15, 0.2) is 5.76 Å². The van der Waals surface area contributed by atoms with Crippen LogP contribution in [0.2, 0.25) is 0 Å². The highest BCUT2D eigenvalue weighted by Crippen LogP contribution is 2.37. The summed E-state index contributed by atoms with van der Waals surface area (Å²) >= 11 is 1.20. The molecule has 0 N–H and O–H groups in total. The molecule has 5 nitrogen and oxygen atoms in total. The highest BCUT2D eigenvalue weighted by molar-refractivity contribution is 7.94. The van der Waals surface area contributed by atoms with Gasteiger partial charge in [0.2, 0.25) is 0 Å². The van der Waals surface area contributed by atoms with Gasteiger partial charge >= 0.3 is 0 Å². The highest BCUT2D eigenvalue weighted by Gasteiger charge is 2.31. The van der Waals surface area contributed by atoms with Gasteiger partial charge in [-0.05, 0) is 30.2 Å². The van der Waals surface area contributed by atoms with Gasteiger partial charge in [-0.1, -0.05) is 23.4 Å². The van der Waals surface area contributed by atoms with Crippen LogP contribution in [0.3, 0.4) is 0 Å². The Morgan fingerprint density at radius 2 is 2.00 bits per heavy atom. The quantitative estimate of drug-likeness (QED) is 0.739. The van der Waals surface area contributed by atoms with Gasteiger partial charge in [0.1, 0.15) is 4.21 Å². The molecule has 3 aromatic rings. The molecule has 4 rings (SSSR count). The van der Waals surface area contributed by atoms with Crippen molar-refractivity contribution in [1.82, 2.24) is 5.16 Å². The fourth-order valence-electron chi connectivity index (χ4n) is 2.60. The molecular weight excluding hydrogens is 320 g/mol. The van der Waals surface area contributed by atoms with Crippen molar-refractivity contribution in [2.24, 2.45) is 0 Å². The van der Waals surface area contributed by atoms with Gasteiger partial charge < -0.3 is 4.52 Å². The first-order valence-electron chi connectivity index (χ1n) is 6.78. The molecule has 2 aromatic heterocycles. The molecule has 1 aromatic carbocycles. The second kappa shape index (κ2) is 4.96. The Labute approximate surface area is 131 Å². The molecule has 7 heteroatoms. The van der Waals surface area contributed by atoms with Crippen molar-refractivity contribution in [1.29, 1.82) is 0 Å². The molecule has 0 amide bonds. The van der Waals surface area contributed by atoms with Gasteiger partial charge in [-0.15, -0.1) is 11.3 Å². The fraction of sp³-hybridized carbons (Fsp3) is 0.133. The Morgan fingerprint density at radius 1 is 1.14 bits per heavy atom. The van der Waals surface area contributed by atoms with Crippen LogP contribution in [0.25, 0.3) is 10.6 Å². The SMILES string of the molecule is O=S(=O)(c1ccc(-c2ccno2)s1)N1CCc2ccccc21. The number of aromatic nitrogens is 1. The molecule has 0 unspecified atom stereocenters. The van der Waals surface area contributed by atoms with E-state index in [2.05, 4.69) is 5.16 Å². The van der Waals surface area contributed by atoms with E-state index in [1.807, 2.05) is 24.3 Å². The molecule has 0 saturated carbocycles. The van der Waals surface area contributed by atoms with Gasteiger partial charge in [0.05, 0.1) is 16.8 Å². The first-order chi connectivity index (χ1) is 10.7. The lowest BCUT2D eigenvalue weighted by Gasteiger charge is -2.18. The second-order valence-electron chi connectivity index (χ2n) is 4.95. The van der Waals surface area contributed by atoms with Crippen LogP contribution in [0, 0.1) is 0 Å². The lowest BCUT2D eigenvalue weighted by Crippen LogP contribution is -2.28. The summed E-state index contributed by atoms with van der Waals surface area (Å²) in [5, 5.41) is 3.65. The average molecular weight is 332 g/mol. The van der Waals surface area contributed by atoms with Crippen LogP contribution in [0.5, 0.6) is 0 Å². The third-order valence-corrected chi connectivity index (χ3v) is 7.03. The maximum absolute atomic E-state index is 12.9. The predicted molar refractivity (Wildman–Crippen MR) is 84.5 cm³/mol. The van der Waals surface area contributed by atoms with E-state index in [1.54, 1.807) is 24.4 Å². The van der Waals surface area contributed by atoms with Gasteiger partial charge in [-0.25, -0.2) is 8.42 Å². The normalized spacial score (nSPS) is 14.3. The smallest absolute Gasteiger partial charge is 0.273 e. The number of sulfonamides is 1. The monoisotopic (exact) mass is 332 g/mol. The maximum atomic E-state index is 12.9. The summed E-state index contributed by atoms with van der Waals surface area (Å²) in [5.41, 5.74) is 1.84. The van der Waals surface area contributed by atoms with Crippen LogP contribution in [0.4, 0.5) is 5.69 Å². The average Bonchev–Trinajstić information content (AvgIpc) is 3.26. The van der Waals surface area contributed by atoms with E-state index in [0.29, 0.717) is 16.5 Å². The number of benzene rings is 1. The zero-order chi connectivity index (χ0) is 15.2. The first kappa shape index (κ1) is 13.5. The summed E-state index contributed by atoms with van der Waals surface area (Å²) in [5.74, 6) is 0.577. The number of fused-ring (bicyclic) bond motifs is 1. The lowest BCUT2D eigenvalue weighted by molar-refractivity contribution is 0.433. The minimum absolute atomic E-state index is 0.315. The molecule has 0 bridgehead atoms. The Bertz CT molecular complexity index is 914. The number of anilines is 1. The van der Waals surface area contributed by atoms with Gasteiger partial charge in [0.25, 0.3) is 10.0 Å². The van der Waals surface area contributed by atoms with Crippen molar-refractivity contribution in [3.63, 3.8) is 0 Å². The first-order valence-corrected chi connectivity index (χ1v) is 9.03. The van der Waals surface area contributed by atoms with E-state index >= 15 is 0 Å². The molecule has 112 valence electrons. The Balaban J connectivity index is 1.73. The topological polar surface area (TPSA) is 63.4 Å². The van der Waals surface area contributed by atoms with E-state index in [1.165, 1.54) is 15.6 Å².